The number of nitrogens with two attached hydrogens (primary N) is 1. The van der Waals surface area contributed by atoms with Gasteiger partial charge in [-0.2, -0.15) is 0 Å². The highest BCUT2D eigenvalue weighted by Gasteiger charge is 2.25. The van der Waals surface area contributed by atoms with Crippen LogP contribution in [-0.4, -0.2) is 35.3 Å². The summed E-state index contributed by atoms with van der Waals surface area (Å²) in [5.41, 5.74) is 0. The molecule has 0 aromatic heterocycles. The molecule has 0 aliphatic carbocycles. The summed E-state index contributed by atoms with van der Waals surface area (Å²) >= 11 is 0. The molecule has 0 spiro atoms. The lowest BCUT2D eigenvalue weighted by molar-refractivity contribution is 0.0590. The molecule has 1 fully saturated rings. The maximum Gasteiger partial charge on any atom is 0.407 e. The van der Waals surface area contributed by atoms with Crippen molar-refractivity contribution in [1.29, 1.82) is 0 Å². The highest BCUT2D eigenvalue weighted by Crippen LogP contribution is 2.10. The summed E-state index contributed by atoms with van der Waals surface area (Å²) in [6.07, 6.45) is -0.321. The summed E-state index contributed by atoms with van der Waals surface area (Å²) < 4.78 is 0. The molecule has 0 saturated carbocycles. The van der Waals surface area contributed by atoms with E-state index in [0.29, 0.717) is 19.5 Å². The van der Waals surface area contributed by atoms with Gasteiger partial charge >= 0.3 is 6.09 Å². The third kappa shape index (κ3) is 1.37. The molecule has 1 saturated heterocycles. The van der Waals surface area contributed by atoms with Crippen LogP contribution in [0.15, 0.2) is 0 Å². The van der Waals surface area contributed by atoms with Gasteiger partial charge in [0, 0.05) is 6.54 Å². The third-order valence-corrected chi connectivity index (χ3v) is 1.61. The summed E-state index contributed by atoms with van der Waals surface area (Å²) in [5, 5.41) is 8.46. The monoisotopic (exact) mass is 146 g/mol. The molecular weight excluding hydrogens is 136 g/mol. The molecule has 5 nitrogen and oxygen atoms in total. The van der Waals surface area contributed by atoms with Crippen molar-refractivity contribution >= 4 is 6.09 Å². The first-order chi connectivity index (χ1) is 4.74. The molecule has 1 amide bonds. The van der Waals surface area contributed by atoms with Gasteiger partial charge in [0.25, 0.3) is 0 Å². The Morgan fingerprint density at radius 1 is 1.80 bits per heavy atom. The molecule has 0 bridgehead atoms. The molecule has 1 aliphatic heterocycles. The summed E-state index contributed by atoms with van der Waals surface area (Å²) in [7, 11) is 0. The van der Waals surface area contributed by atoms with Gasteiger partial charge in [-0.1, -0.05) is 0 Å². The Kier molecular flexibility index (Phi) is 2.08. The number of amides is 1. The second-order valence-electron chi connectivity index (χ2n) is 2.28. The van der Waals surface area contributed by atoms with E-state index in [1.54, 1.807) is 0 Å². The average molecular weight is 146 g/mol. The van der Waals surface area contributed by atoms with Crippen molar-refractivity contribution in [2.24, 2.45) is 5.90 Å². The van der Waals surface area contributed by atoms with Gasteiger partial charge < -0.3 is 10.0 Å². The maximum atomic E-state index is 10.3. The zero-order chi connectivity index (χ0) is 7.56. The number of likely N-dealkylation sites (tertiary alicyclic amines) is 1. The minimum absolute atomic E-state index is 0.115. The van der Waals surface area contributed by atoms with Gasteiger partial charge in [-0.25, -0.2) is 10.7 Å². The Bertz CT molecular complexity index is 139. The van der Waals surface area contributed by atoms with Crippen LogP contribution in [0.5, 0.6) is 0 Å². The molecular formula is C5H10N2O3. The van der Waals surface area contributed by atoms with Crippen molar-refractivity contribution in [3.8, 4) is 0 Å². The normalized spacial score (nSPS) is 25.3. The van der Waals surface area contributed by atoms with Gasteiger partial charge in [-0.05, 0) is 6.42 Å². The van der Waals surface area contributed by atoms with Gasteiger partial charge in [0.05, 0.1) is 12.6 Å². The highest BCUT2D eigenvalue weighted by atomic mass is 16.6. The van der Waals surface area contributed by atoms with Crippen LogP contribution in [0.3, 0.4) is 0 Å². The van der Waals surface area contributed by atoms with E-state index in [9.17, 15) is 4.79 Å². The van der Waals surface area contributed by atoms with E-state index in [0.717, 1.165) is 0 Å². The maximum absolute atomic E-state index is 10.3. The van der Waals surface area contributed by atoms with Crippen molar-refractivity contribution in [1.82, 2.24) is 4.90 Å². The summed E-state index contributed by atoms with van der Waals surface area (Å²) in [6.45, 7) is 0.920. The first kappa shape index (κ1) is 7.30. The van der Waals surface area contributed by atoms with Crippen LogP contribution in [0.2, 0.25) is 0 Å². The van der Waals surface area contributed by atoms with Crippen LogP contribution in [0, 0.1) is 0 Å². The Morgan fingerprint density at radius 3 is 2.80 bits per heavy atom. The van der Waals surface area contributed by atoms with Crippen molar-refractivity contribution < 1.29 is 14.7 Å². The Hall–Kier alpha value is -0.810. The molecule has 1 atom stereocenters. The predicted octanol–water partition coefficient (Wildman–Crippen LogP) is -0.371. The van der Waals surface area contributed by atoms with Crippen LogP contribution >= 0.6 is 0 Å². The molecule has 1 rings (SSSR count). The molecule has 10 heavy (non-hydrogen) atoms. The first-order valence-electron chi connectivity index (χ1n) is 3.07. The highest BCUT2D eigenvalue weighted by molar-refractivity contribution is 5.65. The fraction of sp³-hybridized carbons (Fsp3) is 0.800. The SMILES string of the molecule is NOC1CCN(C(=O)O)C1. The number of hydrogen-bond donors (Lipinski definition) is 2. The topological polar surface area (TPSA) is 75.8 Å². The van der Waals surface area contributed by atoms with E-state index in [1.807, 2.05) is 0 Å². The third-order valence-electron chi connectivity index (χ3n) is 1.61. The lowest BCUT2D eigenvalue weighted by atomic mass is 10.3. The number of carbonyl (C=O) groups is 1. The molecule has 0 radical (unpaired) electrons. The van der Waals surface area contributed by atoms with Crippen LogP contribution in [-0.2, 0) is 4.84 Å². The molecule has 58 valence electrons. The van der Waals surface area contributed by atoms with E-state index in [2.05, 4.69) is 4.84 Å². The lowest BCUT2D eigenvalue weighted by Gasteiger charge is -2.09. The van der Waals surface area contributed by atoms with Gasteiger partial charge in [0.1, 0.15) is 0 Å². The summed E-state index contributed by atoms with van der Waals surface area (Å²) in [5.74, 6) is 4.88. The molecule has 1 heterocycles. The number of carboxylic acid groups (broad SMARTS) is 1. The number of rotatable bonds is 1. The van der Waals surface area contributed by atoms with Crippen LogP contribution in [0.25, 0.3) is 0 Å². The quantitative estimate of drug-likeness (QED) is 0.495. The van der Waals surface area contributed by atoms with Gasteiger partial charge in [-0.15, -0.1) is 0 Å². The molecule has 0 aromatic carbocycles. The van der Waals surface area contributed by atoms with E-state index < -0.39 is 6.09 Å². The second kappa shape index (κ2) is 2.85. The van der Waals surface area contributed by atoms with Crippen LogP contribution < -0.4 is 5.90 Å². The van der Waals surface area contributed by atoms with E-state index >= 15 is 0 Å². The largest absolute Gasteiger partial charge is 0.465 e. The van der Waals surface area contributed by atoms with E-state index in [4.69, 9.17) is 11.0 Å². The van der Waals surface area contributed by atoms with E-state index in [1.165, 1.54) is 4.90 Å². The van der Waals surface area contributed by atoms with E-state index in [-0.39, 0.29) is 6.10 Å². The fourth-order valence-corrected chi connectivity index (χ4v) is 1.01. The molecule has 1 unspecified atom stereocenters. The molecule has 5 heteroatoms. The van der Waals surface area contributed by atoms with Crippen molar-refractivity contribution in [2.75, 3.05) is 13.1 Å². The fourth-order valence-electron chi connectivity index (χ4n) is 1.01. The van der Waals surface area contributed by atoms with Gasteiger partial charge in [-0.3, -0.25) is 4.84 Å². The number of nitrogens with zero attached hydrogens (tertiary/aromatic N) is 1. The first-order valence-corrected chi connectivity index (χ1v) is 3.07. The van der Waals surface area contributed by atoms with Gasteiger partial charge in [0.2, 0.25) is 0 Å². The molecule has 0 aromatic rings. The summed E-state index contributed by atoms with van der Waals surface area (Å²) in [4.78, 5) is 16.1. The zero-order valence-electron chi connectivity index (χ0n) is 5.49. The van der Waals surface area contributed by atoms with Gasteiger partial charge in [0.15, 0.2) is 0 Å². The zero-order valence-corrected chi connectivity index (χ0v) is 5.49. The Labute approximate surface area is 58.3 Å². The Morgan fingerprint density at radius 2 is 2.50 bits per heavy atom. The average Bonchev–Trinajstić information content (AvgIpc) is 2.34. The predicted molar refractivity (Wildman–Crippen MR) is 33.3 cm³/mol. The number of hydrogen-bond acceptors (Lipinski definition) is 3. The van der Waals surface area contributed by atoms with Crippen LogP contribution in [0.4, 0.5) is 4.79 Å². The Balaban J connectivity index is 2.35. The second-order valence-corrected chi connectivity index (χ2v) is 2.28. The van der Waals surface area contributed by atoms with Crippen molar-refractivity contribution in [3.63, 3.8) is 0 Å². The minimum atomic E-state index is -0.903. The van der Waals surface area contributed by atoms with Crippen molar-refractivity contribution in [3.05, 3.63) is 0 Å². The lowest BCUT2D eigenvalue weighted by Crippen LogP contribution is -2.29. The van der Waals surface area contributed by atoms with Crippen molar-refractivity contribution in [2.45, 2.75) is 12.5 Å². The smallest absolute Gasteiger partial charge is 0.407 e. The molecule has 3 N–H and O–H groups in total. The molecule has 1 aliphatic rings. The van der Waals surface area contributed by atoms with Crippen LogP contribution in [0.1, 0.15) is 6.42 Å². The summed E-state index contributed by atoms with van der Waals surface area (Å²) in [6, 6.07) is 0. The minimum Gasteiger partial charge on any atom is -0.465 e. The standard InChI is InChI=1S/C5H10N2O3/c6-10-4-1-2-7(3-4)5(8)9/h4H,1-3,6H2,(H,8,9).